The molecule has 4 nitrogen and oxygen atoms in total. The molecule has 0 aliphatic carbocycles. The van der Waals surface area contributed by atoms with E-state index in [2.05, 4.69) is 65.8 Å². The van der Waals surface area contributed by atoms with Crippen molar-refractivity contribution in [1.82, 2.24) is 14.5 Å². The number of aromatic nitrogens is 2. The first-order valence-electron chi connectivity index (χ1n) is 11.6. The molecule has 0 N–H and O–H groups in total. The Labute approximate surface area is 180 Å². The smallest absolute Gasteiger partial charge is 0.124 e. The van der Waals surface area contributed by atoms with Gasteiger partial charge in [0.2, 0.25) is 0 Å². The summed E-state index contributed by atoms with van der Waals surface area (Å²) in [6, 6.07) is 15.0. The summed E-state index contributed by atoms with van der Waals surface area (Å²) in [5.74, 6) is 2.20. The van der Waals surface area contributed by atoms with Crippen LogP contribution in [0.4, 0.5) is 0 Å². The molecular weight excluding hydrogens is 370 g/mol. The Bertz CT molecular complexity index is 934. The third-order valence-electron chi connectivity index (χ3n) is 6.04. The van der Waals surface area contributed by atoms with Gasteiger partial charge in [-0.25, -0.2) is 4.98 Å². The number of fused-ring (bicyclic) bond motifs is 1. The molecule has 3 aromatic rings. The lowest BCUT2D eigenvalue weighted by Crippen LogP contribution is -2.26. The number of hydrogen-bond acceptors (Lipinski definition) is 3. The number of rotatable bonds is 8. The number of hydrogen-bond donors (Lipinski definition) is 0. The van der Waals surface area contributed by atoms with E-state index in [0.717, 1.165) is 43.8 Å². The van der Waals surface area contributed by atoms with E-state index in [0.29, 0.717) is 0 Å². The molecule has 0 unspecified atom stereocenters. The summed E-state index contributed by atoms with van der Waals surface area (Å²) in [7, 11) is 0. The van der Waals surface area contributed by atoms with E-state index >= 15 is 0 Å². The molecule has 0 atom stereocenters. The lowest BCUT2D eigenvalue weighted by molar-refractivity contribution is 0.265. The molecule has 30 heavy (non-hydrogen) atoms. The first kappa shape index (κ1) is 20.9. The Hall–Kier alpha value is -2.33. The normalized spacial score (nSPS) is 15.4. The summed E-state index contributed by atoms with van der Waals surface area (Å²) in [6.07, 6.45) is 7.51. The number of imidazole rings is 1. The van der Waals surface area contributed by atoms with Crippen LogP contribution >= 0.6 is 0 Å². The van der Waals surface area contributed by atoms with Gasteiger partial charge in [0, 0.05) is 6.54 Å². The van der Waals surface area contributed by atoms with Crippen LogP contribution in [0.3, 0.4) is 0 Å². The van der Waals surface area contributed by atoms with Gasteiger partial charge < -0.3 is 9.30 Å². The molecule has 2 aromatic carbocycles. The van der Waals surface area contributed by atoms with E-state index < -0.39 is 0 Å². The SMILES string of the molecule is Cc1cc(C)cc(OCCCCn2c(CN3CCCCCC3)nc3ccccc32)c1. The van der Waals surface area contributed by atoms with Crippen LogP contribution in [0, 0.1) is 13.8 Å². The molecule has 4 heteroatoms. The molecule has 0 bridgehead atoms. The molecule has 0 saturated carbocycles. The molecule has 0 spiro atoms. The van der Waals surface area contributed by atoms with Gasteiger partial charge in [-0.15, -0.1) is 0 Å². The number of benzene rings is 2. The van der Waals surface area contributed by atoms with E-state index in [4.69, 9.17) is 9.72 Å². The van der Waals surface area contributed by atoms with Gasteiger partial charge in [-0.3, -0.25) is 4.90 Å². The lowest BCUT2D eigenvalue weighted by atomic mass is 10.1. The molecule has 4 rings (SSSR count). The Morgan fingerprint density at radius 3 is 2.40 bits per heavy atom. The Morgan fingerprint density at radius 1 is 0.900 bits per heavy atom. The van der Waals surface area contributed by atoms with Gasteiger partial charge in [-0.1, -0.05) is 31.0 Å². The summed E-state index contributed by atoms with van der Waals surface area (Å²) >= 11 is 0. The van der Waals surface area contributed by atoms with Crippen LogP contribution in [0.2, 0.25) is 0 Å². The summed E-state index contributed by atoms with van der Waals surface area (Å²) in [6.45, 7) is 9.37. The van der Waals surface area contributed by atoms with Crippen LogP contribution in [-0.4, -0.2) is 34.1 Å². The third kappa shape index (κ3) is 5.42. The van der Waals surface area contributed by atoms with Crippen LogP contribution in [0.25, 0.3) is 11.0 Å². The summed E-state index contributed by atoms with van der Waals surface area (Å²) in [4.78, 5) is 7.58. The molecule has 160 valence electrons. The molecule has 1 fully saturated rings. The van der Waals surface area contributed by atoms with Crippen molar-refractivity contribution < 1.29 is 4.74 Å². The highest BCUT2D eigenvalue weighted by Gasteiger charge is 2.15. The lowest BCUT2D eigenvalue weighted by Gasteiger charge is -2.20. The maximum Gasteiger partial charge on any atom is 0.124 e. The second-order valence-electron chi connectivity index (χ2n) is 8.74. The maximum atomic E-state index is 6.01. The largest absolute Gasteiger partial charge is 0.494 e. The number of likely N-dealkylation sites (tertiary alicyclic amines) is 1. The van der Waals surface area contributed by atoms with Gasteiger partial charge in [0.15, 0.2) is 0 Å². The zero-order valence-corrected chi connectivity index (χ0v) is 18.6. The average molecular weight is 406 g/mol. The monoisotopic (exact) mass is 405 g/mol. The molecule has 0 radical (unpaired) electrons. The van der Waals surface area contributed by atoms with Crippen molar-refractivity contribution in [1.29, 1.82) is 0 Å². The van der Waals surface area contributed by atoms with Crippen molar-refractivity contribution >= 4 is 11.0 Å². The van der Waals surface area contributed by atoms with E-state index in [9.17, 15) is 0 Å². The van der Waals surface area contributed by atoms with Crippen molar-refractivity contribution in [2.24, 2.45) is 0 Å². The number of aryl methyl sites for hydroxylation is 3. The zero-order valence-electron chi connectivity index (χ0n) is 18.6. The summed E-state index contributed by atoms with van der Waals surface area (Å²) < 4.78 is 8.45. The fourth-order valence-corrected chi connectivity index (χ4v) is 4.57. The van der Waals surface area contributed by atoms with Gasteiger partial charge in [0.05, 0.1) is 24.2 Å². The Balaban J connectivity index is 1.37. The summed E-state index contributed by atoms with van der Waals surface area (Å²) in [5, 5.41) is 0. The van der Waals surface area contributed by atoms with Gasteiger partial charge in [0.1, 0.15) is 11.6 Å². The fourth-order valence-electron chi connectivity index (χ4n) is 4.57. The highest BCUT2D eigenvalue weighted by Crippen LogP contribution is 2.21. The molecule has 2 heterocycles. The van der Waals surface area contributed by atoms with E-state index in [1.54, 1.807) is 0 Å². The highest BCUT2D eigenvalue weighted by molar-refractivity contribution is 5.75. The number of unbranched alkanes of at least 4 members (excludes halogenated alkanes) is 1. The quantitative estimate of drug-likeness (QED) is 0.438. The average Bonchev–Trinajstić information content (AvgIpc) is 2.87. The second-order valence-corrected chi connectivity index (χ2v) is 8.74. The molecule has 0 amide bonds. The molecule has 1 aliphatic heterocycles. The van der Waals surface area contributed by atoms with Crippen molar-refractivity contribution in [2.75, 3.05) is 19.7 Å². The van der Waals surface area contributed by atoms with Crippen LogP contribution < -0.4 is 4.74 Å². The minimum Gasteiger partial charge on any atom is -0.494 e. The van der Waals surface area contributed by atoms with Crippen molar-refractivity contribution in [2.45, 2.75) is 65.5 Å². The molecule has 1 aromatic heterocycles. The Morgan fingerprint density at radius 2 is 1.63 bits per heavy atom. The first-order valence-corrected chi connectivity index (χ1v) is 11.6. The van der Waals surface area contributed by atoms with Crippen LogP contribution in [-0.2, 0) is 13.1 Å². The predicted molar refractivity (Wildman–Crippen MR) is 124 cm³/mol. The van der Waals surface area contributed by atoms with Gasteiger partial charge >= 0.3 is 0 Å². The second kappa shape index (κ2) is 10.1. The minimum atomic E-state index is 0.761. The van der Waals surface area contributed by atoms with Gasteiger partial charge in [0.25, 0.3) is 0 Å². The summed E-state index contributed by atoms with van der Waals surface area (Å²) in [5.41, 5.74) is 4.90. The molecular formula is C26H35N3O. The maximum absolute atomic E-state index is 6.01. The van der Waals surface area contributed by atoms with Crippen molar-refractivity contribution in [3.63, 3.8) is 0 Å². The van der Waals surface area contributed by atoms with Crippen LogP contribution in [0.15, 0.2) is 42.5 Å². The topological polar surface area (TPSA) is 30.3 Å². The van der Waals surface area contributed by atoms with Crippen molar-refractivity contribution in [3.05, 3.63) is 59.4 Å². The molecule has 1 saturated heterocycles. The fraction of sp³-hybridized carbons (Fsp3) is 0.500. The molecule has 1 aliphatic rings. The van der Waals surface area contributed by atoms with Crippen LogP contribution in [0.1, 0.15) is 55.5 Å². The van der Waals surface area contributed by atoms with Crippen LogP contribution in [0.5, 0.6) is 5.75 Å². The zero-order chi connectivity index (χ0) is 20.8. The standard InChI is InChI=1S/C26H35N3O/c1-21-17-22(2)19-23(18-21)30-16-10-9-15-29-25-12-6-5-11-24(25)27-26(29)20-28-13-7-3-4-8-14-28/h5-6,11-12,17-19H,3-4,7-10,13-16,20H2,1-2H3. The number of ether oxygens (including phenoxy) is 1. The van der Waals surface area contributed by atoms with E-state index in [-0.39, 0.29) is 0 Å². The first-order chi connectivity index (χ1) is 14.7. The van der Waals surface area contributed by atoms with E-state index in [1.807, 2.05) is 0 Å². The Kier molecular flexibility index (Phi) is 7.06. The highest BCUT2D eigenvalue weighted by atomic mass is 16.5. The van der Waals surface area contributed by atoms with Gasteiger partial charge in [-0.05, 0) is 88.0 Å². The minimum absolute atomic E-state index is 0.761. The van der Waals surface area contributed by atoms with Crippen molar-refractivity contribution in [3.8, 4) is 5.75 Å². The van der Waals surface area contributed by atoms with Gasteiger partial charge in [-0.2, -0.15) is 0 Å². The van der Waals surface area contributed by atoms with E-state index in [1.165, 1.54) is 61.2 Å². The number of nitrogens with zero attached hydrogens (tertiary/aromatic N) is 3. The third-order valence-corrected chi connectivity index (χ3v) is 6.04. The number of para-hydroxylation sites is 2. The predicted octanol–water partition coefficient (Wildman–Crippen LogP) is 5.89.